The summed E-state index contributed by atoms with van der Waals surface area (Å²) < 4.78 is 0. The highest BCUT2D eigenvalue weighted by Gasteiger charge is 1.60. The molecule has 0 aliphatic carbocycles. The lowest BCUT2D eigenvalue weighted by Gasteiger charge is -1.68. The van der Waals surface area contributed by atoms with Crippen LogP contribution in [0.1, 0.15) is 27.7 Å². The largest absolute Gasteiger partial charge is 0.139 e. The van der Waals surface area contributed by atoms with Crippen molar-refractivity contribution in [3.05, 3.63) is 18.5 Å². The summed E-state index contributed by atoms with van der Waals surface area (Å²) in [5, 5.41) is 10.1. The van der Waals surface area contributed by atoms with E-state index in [1.165, 1.54) is 0 Å². The first kappa shape index (κ1) is 11.8. The molecular formula is C7H15N3. The van der Waals surface area contributed by atoms with Crippen LogP contribution in [0.2, 0.25) is 0 Å². The van der Waals surface area contributed by atoms with Gasteiger partial charge in [0.25, 0.3) is 0 Å². The van der Waals surface area contributed by atoms with Crippen LogP contribution in [0, 0.1) is 0 Å². The number of hydrogen-bond acceptors (Lipinski definition) is 3. The van der Waals surface area contributed by atoms with Crippen molar-refractivity contribution < 1.29 is 0 Å². The molecule has 0 bridgehead atoms. The molecule has 1 heterocycles. The Morgan fingerprint density at radius 3 is 1.30 bits per heavy atom. The molecule has 58 valence electrons. The molecule has 0 aliphatic rings. The average Bonchev–Trinajstić information content (AvgIpc) is 2.14. The lowest BCUT2D eigenvalue weighted by atomic mass is 10.7. The van der Waals surface area contributed by atoms with Crippen LogP contribution in [0.25, 0.3) is 0 Å². The van der Waals surface area contributed by atoms with Gasteiger partial charge in [0, 0.05) is 0 Å². The molecule has 0 saturated heterocycles. The molecule has 0 spiro atoms. The first-order chi connectivity index (χ1) is 5.00. The van der Waals surface area contributed by atoms with E-state index in [1.807, 2.05) is 27.7 Å². The Labute approximate surface area is 62.5 Å². The van der Waals surface area contributed by atoms with Gasteiger partial charge in [0.1, 0.15) is 0 Å². The summed E-state index contributed by atoms with van der Waals surface area (Å²) in [5.41, 5.74) is 0. The third-order valence-electron chi connectivity index (χ3n) is 0.409. The first-order valence-corrected chi connectivity index (χ1v) is 3.58. The third-order valence-corrected chi connectivity index (χ3v) is 0.409. The first-order valence-electron chi connectivity index (χ1n) is 3.58. The summed E-state index contributed by atoms with van der Waals surface area (Å²) >= 11 is 0. The maximum Gasteiger partial charge on any atom is 0.0529 e. The van der Waals surface area contributed by atoms with Gasteiger partial charge in [-0.2, -0.15) is 0 Å². The van der Waals surface area contributed by atoms with Crippen LogP contribution in [-0.4, -0.2) is 15.4 Å². The van der Waals surface area contributed by atoms with Crippen molar-refractivity contribution in [3.63, 3.8) is 0 Å². The molecule has 0 unspecified atom stereocenters. The van der Waals surface area contributed by atoms with E-state index in [4.69, 9.17) is 0 Å². The molecule has 0 radical (unpaired) electrons. The number of hydrogen-bond donors (Lipinski definition) is 0. The van der Waals surface area contributed by atoms with Crippen LogP contribution in [0.4, 0.5) is 0 Å². The summed E-state index contributed by atoms with van der Waals surface area (Å²) in [6.07, 6.45) is 3.15. The van der Waals surface area contributed by atoms with Crippen LogP contribution in [-0.2, 0) is 0 Å². The predicted octanol–water partition coefficient (Wildman–Crippen LogP) is 1.92. The number of aromatic nitrogens is 3. The van der Waals surface area contributed by atoms with Crippen molar-refractivity contribution in [3.8, 4) is 0 Å². The van der Waals surface area contributed by atoms with E-state index in [1.54, 1.807) is 18.5 Å². The number of nitrogens with zero attached hydrogens (tertiary/aromatic N) is 3. The molecule has 0 aromatic carbocycles. The molecule has 3 nitrogen and oxygen atoms in total. The second-order valence-corrected chi connectivity index (χ2v) is 0.811. The van der Waals surface area contributed by atoms with Crippen LogP contribution >= 0.6 is 0 Å². The van der Waals surface area contributed by atoms with E-state index in [0.29, 0.717) is 0 Å². The quantitative estimate of drug-likeness (QED) is 0.554. The lowest BCUT2D eigenvalue weighted by molar-refractivity contribution is 0.865. The molecule has 0 N–H and O–H groups in total. The molecule has 0 saturated carbocycles. The molecule has 0 atom stereocenters. The molecule has 0 fully saturated rings. The predicted molar refractivity (Wildman–Crippen MR) is 42.5 cm³/mol. The summed E-state index contributed by atoms with van der Waals surface area (Å²) in [6, 6.07) is 1.72. The molecule has 10 heavy (non-hydrogen) atoms. The van der Waals surface area contributed by atoms with Crippen molar-refractivity contribution in [1.82, 2.24) is 15.4 Å². The second kappa shape index (κ2) is 15.7. The Hall–Kier alpha value is -0.990. The SMILES string of the molecule is CC.CC.c1cnnnc1. The standard InChI is InChI=1S/C3H3N3.2C2H6/c1-2-4-6-5-3-1;2*1-2/h1-3H;2*1-2H3. The van der Waals surface area contributed by atoms with Gasteiger partial charge in [-0.25, -0.2) is 0 Å². The Kier molecular flexibility index (Phi) is 18.4. The van der Waals surface area contributed by atoms with Gasteiger partial charge in [-0.3, -0.25) is 0 Å². The van der Waals surface area contributed by atoms with Gasteiger partial charge in [0.2, 0.25) is 0 Å². The molecule has 1 rings (SSSR count). The van der Waals surface area contributed by atoms with Crippen molar-refractivity contribution in [1.29, 1.82) is 0 Å². The van der Waals surface area contributed by atoms with E-state index in [-0.39, 0.29) is 0 Å². The monoisotopic (exact) mass is 141 g/mol. The van der Waals surface area contributed by atoms with Crippen LogP contribution in [0.5, 0.6) is 0 Å². The molecule has 1 aromatic heterocycles. The van der Waals surface area contributed by atoms with E-state index in [0.717, 1.165) is 0 Å². The average molecular weight is 141 g/mol. The topological polar surface area (TPSA) is 38.7 Å². The normalized spacial score (nSPS) is 6.00. The zero-order valence-corrected chi connectivity index (χ0v) is 7.07. The Bertz CT molecular complexity index is 80.8. The van der Waals surface area contributed by atoms with Crippen molar-refractivity contribution in [2.24, 2.45) is 0 Å². The fourth-order valence-electron chi connectivity index (χ4n) is 0.205. The van der Waals surface area contributed by atoms with Crippen molar-refractivity contribution >= 4 is 0 Å². The van der Waals surface area contributed by atoms with Gasteiger partial charge in [-0.1, -0.05) is 27.7 Å². The van der Waals surface area contributed by atoms with E-state index >= 15 is 0 Å². The maximum atomic E-state index is 3.42. The summed E-state index contributed by atoms with van der Waals surface area (Å²) in [6.45, 7) is 8.00. The van der Waals surface area contributed by atoms with Gasteiger partial charge in [-0.15, -0.1) is 10.2 Å². The second-order valence-electron chi connectivity index (χ2n) is 0.811. The minimum Gasteiger partial charge on any atom is -0.139 e. The molecule has 0 aliphatic heterocycles. The van der Waals surface area contributed by atoms with E-state index in [2.05, 4.69) is 15.4 Å². The molecule has 0 amide bonds. The fraction of sp³-hybridized carbons (Fsp3) is 0.571. The van der Waals surface area contributed by atoms with Crippen molar-refractivity contribution in [2.75, 3.05) is 0 Å². The lowest BCUT2D eigenvalue weighted by Crippen LogP contribution is -1.78. The minimum atomic E-state index is 1.58. The zero-order chi connectivity index (χ0) is 8.24. The zero-order valence-electron chi connectivity index (χ0n) is 7.07. The van der Waals surface area contributed by atoms with Crippen LogP contribution in [0.3, 0.4) is 0 Å². The van der Waals surface area contributed by atoms with Gasteiger partial charge >= 0.3 is 0 Å². The van der Waals surface area contributed by atoms with Gasteiger partial charge < -0.3 is 0 Å². The molecule has 3 heteroatoms. The Morgan fingerprint density at radius 1 is 0.800 bits per heavy atom. The maximum absolute atomic E-state index is 3.42. The van der Waals surface area contributed by atoms with Gasteiger partial charge in [-0.05, 0) is 11.3 Å². The van der Waals surface area contributed by atoms with Crippen LogP contribution in [0.15, 0.2) is 18.5 Å². The fourth-order valence-corrected chi connectivity index (χ4v) is 0.205. The molecular weight excluding hydrogens is 126 g/mol. The van der Waals surface area contributed by atoms with Gasteiger partial charge in [0.05, 0.1) is 12.4 Å². The highest BCUT2D eigenvalue weighted by Crippen LogP contribution is 1.61. The minimum absolute atomic E-state index is 1.58. The Balaban J connectivity index is 0. The highest BCUT2D eigenvalue weighted by atomic mass is 15.3. The van der Waals surface area contributed by atoms with Crippen LogP contribution < -0.4 is 0 Å². The summed E-state index contributed by atoms with van der Waals surface area (Å²) in [7, 11) is 0. The number of rotatable bonds is 0. The van der Waals surface area contributed by atoms with Gasteiger partial charge in [0.15, 0.2) is 0 Å². The van der Waals surface area contributed by atoms with E-state index in [9.17, 15) is 0 Å². The Morgan fingerprint density at radius 2 is 1.20 bits per heavy atom. The highest BCUT2D eigenvalue weighted by molar-refractivity contribution is 4.69. The van der Waals surface area contributed by atoms with E-state index < -0.39 is 0 Å². The summed E-state index contributed by atoms with van der Waals surface area (Å²) in [4.78, 5) is 0. The third kappa shape index (κ3) is 10.1. The smallest absolute Gasteiger partial charge is 0.0529 e. The molecule has 1 aromatic rings. The summed E-state index contributed by atoms with van der Waals surface area (Å²) in [5.74, 6) is 0. The van der Waals surface area contributed by atoms with Crippen molar-refractivity contribution in [2.45, 2.75) is 27.7 Å².